The normalized spacial score (nSPS) is 17.4. The molecule has 1 aromatic carbocycles. The topological polar surface area (TPSA) is 131 Å². The lowest BCUT2D eigenvalue weighted by Gasteiger charge is -2.31. The van der Waals surface area contributed by atoms with E-state index in [2.05, 4.69) is 15.3 Å². The van der Waals surface area contributed by atoms with Gasteiger partial charge in [0.15, 0.2) is 0 Å². The van der Waals surface area contributed by atoms with Gasteiger partial charge in [0.25, 0.3) is 5.91 Å². The van der Waals surface area contributed by atoms with Gasteiger partial charge in [-0.1, -0.05) is 0 Å². The largest absolute Gasteiger partial charge is 0.382 e. The summed E-state index contributed by atoms with van der Waals surface area (Å²) in [7, 11) is 1.60. The van der Waals surface area contributed by atoms with Crippen LogP contribution in [0, 0.1) is 17.1 Å². The number of rotatable bonds is 3. The van der Waals surface area contributed by atoms with E-state index in [1.165, 1.54) is 45.7 Å². The van der Waals surface area contributed by atoms with Crippen LogP contribution in [-0.2, 0) is 19.1 Å². The molecule has 1 unspecified atom stereocenters. The maximum atomic E-state index is 14.8. The third-order valence-electron chi connectivity index (χ3n) is 5.16. The Morgan fingerprint density at radius 1 is 1.35 bits per heavy atom. The van der Waals surface area contributed by atoms with Crippen LogP contribution in [-0.4, -0.2) is 25.9 Å². The number of nitriles is 1. The smallest absolute Gasteiger partial charge is 0.328 e. The van der Waals surface area contributed by atoms with Gasteiger partial charge in [-0.25, -0.2) is 14.2 Å². The molecule has 3 N–H and O–H groups in total. The van der Waals surface area contributed by atoms with Gasteiger partial charge in [0.05, 0.1) is 12.1 Å². The van der Waals surface area contributed by atoms with Crippen LogP contribution in [0.5, 0.6) is 0 Å². The maximum Gasteiger partial charge on any atom is 0.328 e. The number of fused-ring (bicyclic) bond motifs is 1. The molecule has 3 heterocycles. The molecular weight excluding hydrogens is 401 g/mol. The van der Waals surface area contributed by atoms with Crippen LogP contribution >= 0.6 is 0 Å². The zero-order valence-electron chi connectivity index (χ0n) is 16.8. The molecule has 1 atom stereocenters. The summed E-state index contributed by atoms with van der Waals surface area (Å²) in [5, 5.41) is 11.5. The van der Waals surface area contributed by atoms with Crippen LogP contribution in [0.2, 0.25) is 0 Å². The van der Waals surface area contributed by atoms with Crippen molar-refractivity contribution in [2.24, 2.45) is 17.8 Å². The number of amides is 1. The molecule has 31 heavy (non-hydrogen) atoms. The first kappa shape index (κ1) is 20.0. The number of nitrogens with two attached hydrogens (primary N) is 1. The van der Waals surface area contributed by atoms with Gasteiger partial charge >= 0.3 is 5.69 Å². The summed E-state index contributed by atoms with van der Waals surface area (Å²) in [5.41, 5.74) is 6.05. The van der Waals surface area contributed by atoms with Crippen LogP contribution in [0.25, 0.3) is 0 Å². The number of hydrogen-bond donors (Lipinski definition) is 2. The second kappa shape index (κ2) is 7.21. The number of nitrogens with one attached hydrogen (secondary N) is 1. The molecule has 0 aliphatic carbocycles. The number of aromatic nitrogens is 3. The lowest BCUT2D eigenvalue weighted by molar-refractivity contribution is 0.102. The predicted molar refractivity (Wildman–Crippen MR) is 111 cm³/mol. The number of hydrogen-bond acceptors (Lipinski definition) is 6. The van der Waals surface area contributed by atoms with Gasteiger partial charge in [0, 0.05) is 30.7 Å². The van der Waals surface area contributed by atoms with Crippen molar-refractivity contribution in [1.29, 1.82) is 5.26 Å². The van der Waals surface area contributed by atoms with E-state index in [0.29, 0.717) is 16.9 Å². The van der Waals surface area contributed by atoms with E-state index < -0.39 is 17.3 Å². The van der Waals surface area contributed by atoms with E-state index in [1.807, 2.05) is 6.07 Å². The SMILES string of the molecule is Cn1cc2n(c1=O)CC(C)(c1cc(NC(=O)c3ccc(C#N)cn3)ccc1F)N=C2N. The monoisotopic (exact) mass is 419 g/mol. The third-order valence-corrected chi connectivity index (χ3v) is 5.16. The molecule has 156 valence electrons. The van der Waals surface area contributed by atoms with Gasteiger partial charge < -0.3 is 15.6 Å². The van der Waals surface area contributed by atoms with Crippen LogP contribution in [0.4, 0.5) is 10.1 Å². The lowest BCUT2D eigenvalue weighted by atomic mass is 9.90. The number of aryl methyl sites for hydroxylation is 1. The highest BCUT2D eigenvalue weighted by Crippen LogP contribution is 2.34. The number of nitrogens with zero attached hydrogens (tertiary/aromatic N) is 5. The molecule has 0 saturated carbocycles. The fraction of sp³-hybridized carbons (Fsp3) is 0.190. The number of anilines is 1. The van der Waals surface area contributed by atoms with Crippen molar-refractivity contribution in [2.45, 2.75) is 19.0 Å². The number of aliphatic imine (C=N–C) groups is 1. The zero-order valence-corrected chi connectivity index (χ0v) is 16.8. The first-order valence-corrected chi connectivity index (χ1v) is 9.31. The number of carbonyl (C=O) groups is 1. The summed E-state index contributed by atoms with van der Waals surface area (Å²) in [6, 6.07) is 8.94. The van der Waals surface area contributed by atoms with Crippen molar-refractivity contribution in [1.82, 2.24) is 14.1 Å². The summed E-state index contributed by atoms with van der Waals surface area (Å²) >= 11 is 0. The predicted octanol–water partition coefficient (Wildman–Crippen LogP) is 1.48. The third kappa shape index (κ3) is 3.46. The number of amidine groups is 1. The molecular formula is C21H18FN7O2. The summed E-state index contributed by atoms with van der Waals surface area (Å²) in [4.78, 5) is 33.3. The Morgan fingerprint density at radius 3 is 2.81 bits per heavy atom. The molecule has 2 aromatic heterocycles. The zero-order chi connectivity index (χ0) is 22.3. The summed E-state index contributed by atoms with van der Waals surface area (Å²) < 4.78 is 17.6. The van der Waals surface area contributed by atoms with Crippen LogP contribution in [0.3, 0.4) is 0 Å². The van der Waals surface area contributed by atoms with Crippen molar-refractivity contribution >= 4 is 17.4 Å². The molecule has 4 rings (SSSR count). The standard InChI is InChI=1S/C21H18FN7O2/c1-21(11-29-17(18(24)27-21)10-28(2)20(29)31)14-7-13(4-5-15(14)22)26-19(30)16-6-3-12(8-23)9-25-16/h3-7,9-10H,11H2,1-2H3,(H2,24,27)(H,26,30). The molecule has 1 aliphatic heterocycles. The summed E-state index contributed by atoms with van der Waals surface area (Å²) in [6.45, 7) is 1.77. The minimum atomic E-state index is -1.15. The van der Waals surface area contributed by atoms with E-state index in [0.717, 1.165) is 0 Å². The molecule has 3 aromatic rings. The van der Waals surface area contributed by atoms with Gasteiger partial charge in [0.1, 0.15) is 34.6 Å². The molecule has 0 radical (unpaired) electrons. The molecule has 0 bridgehead atoms. The minimum Gasteiger partial charge on any atom is -0.382 e. The van der Waals surface area contributed by atoms with Crippen molar-refractivity contribution in [2.75, 3.05) is 5.32 Å². The van der Waals surface area contributed by atoms with E-state index in [9.17, 15) is 14.0 Å². The van der Waals surface area contributed by atoms with E-state index >= 15 is 0 Å². The van der Waals surface area contributed by atoms with E-state index in [-0.39, 0.29) is 29.3 Å². The highest BCUT2D eigenvalue weighted by atomic mass is 19.1. The Kier molecular flexibility index (Phi) is 4.66. The molecule has 10 heteroatoms. The van der Waals surface area contributed by atoms with Gasteiger partial charge in [-0.2, -0.15) is 5.26 Å². The van der Waals surface area contributed by atoms with Gasteiger partial charge in [0.2, 0.25) is 0 Å². The van der Waals surface area contributed by atoms with Crippen molar-refractivity contribution < 1.29 is 9.18 Å². The molecule has 0 spiro atoms. The summed E-state index contributed by atoms with van der Waals surface area (Å²) in [5.74, 6) is -0.927. The lowest BCUT2D eigenvalue weighted by Crippen LogP contribution is -2.41. The van der Waals surface area contributed by atoms with Crippen LogP contribution < -0.4 is 16.7 Å². The number of benzene rings is 1. The van der Waals surface area contributed by atoms with Crippen molar-refractivity contribution in [3.05, 3.63) is 81.5 Å². The molecule has 0 saturated heterocycles. The Morgan fingerprint density at radius 2 is 2.13 bits per heavy atom. The fourth-order valence-electron chi connectivity index (χ4n) is 3.58. The van der Waals surface area contributed by atoms with Gasteiger partial charge in [-0.3, -0.25) is 14.4 Å². The van der Waals surface area contributed by atoms with Crippen LogP contribution in [0.15, 0.2) is 52.5 Å². The van der Waals surface area contributed by atoms with Gasteiger partial charge in [-0.05, 0) is 37.3 Å². The van der Waals surface area contributed by atoms with Crippen LogP contribution in [0.1, 0.15) is 34.2 Å². The average molecular weight is 419 g/mol. The quantitative estimate of drug-likeness (QED) is 0.664. The molecule has 9 nitrogen and oxygen atoms in total. The number of imidazole rings is 1. The number of pyridine rings is 1. The Bertz CT molecular complexity index is 1330. The Balaban J connectivity index is 1.67. The second-order valence-corrected chi connectivity index (χ2v) is 7.46. The second-order valence-electron chi connectivity index (χ2n) is 7.46. The molecule has 0 fully saturated rings. The average Bonchev–Trinajstić information content (AvgIpc) is 3.03. The minimum absolute atomic E-state index is 0.0915. The Labute approximate surface area is 176 Å². The highest BCUT2D eigenvalue weighted by molar-refractivity contribution is 6.03. The van der Waals surface area contributed by atoms with Gasteiger partial charge in [-0.15, -0.1) is 0 Å². The highest BCUT2D eigenvalue weighted by Gasteiger charge is 2.36. The van der Waals surface area contributed by atoms with E-state index in [4.69, 9.17) is 11.0 Å². The summed E-state index contributed by atoms with van der Waals surface area (Å²) in [6.07, 6.45) is 2.87. The Hall–Kier alpha value is -4.26. The van der Waals surface area contributed by atoms with Crippen molar-refractivity contribution in [3.8, 4) is 6.07 Å². The first-order chi connectivity index (χ1) is 14.7. The number of carbonyl (C=O) groups excluding carboxylic acids is 1. The number of halogens is 1. The van der Waals surface area contributed by atoms with E-state index in [1.54, 1.807) is 20.2 Å². The first-order valence-electron chi connectivity index (χ1n) is 9.31. The molecule has 1 aliphatic rings. The maximum absolute atomic E-state index is 14.8. The van der Waals surface area contributed by atoms with Crippen molar-refractivity contribution in [3.63, 3.8) is 0 Å². The fourth-order valence-corrected chi connectivity index (χ4v) is 3.58. The molecule has 1 amide bonds.